The van der Waals surface area contributed by atoms with Gasteiger partial charge in [-0.05, 0) is 31.2 Å². The standard InChI is InChI=1S/C23H20F6N6O/c1-13-3-4-16(19-30-6-2-7-31-19)18(34-13)21(36)35-8-5-22(25,26)10-15(35)12-33-20-17(24)9-14(11-32-20)23(27,28)29/h2-4,6-7,9,11,15H,5,8,10,12H2,1H3,(H,32,33). The van der Waals surface area contributed by atoms with Gasteiger partial charge in [-0.2, -0.15) is 13.2 Å². The highest BCUT2D eigenvalue weighted by Gasteiger charge is 2.43. The summed E-state index contributed by atoms with van der Waals surface area (Å²) in [6.07, 6.45) is -2.72. The number of hydrogen-bond acceptors (Lipinski definition) is 6. The lowest BCUT2D eigenvalue weighted by Gasteiger charge is -2.39. The van der Waals surface area contributed by atoms with Crippen molar-refractivity contribution >= 4 is 11.7 Å². The third kappa shape index (κ3) is 5.55. The molecule has 4 rings (SSSR count). The number of piperidine rings is 1. The summed E-state index contributed by atoms with van der Waals surface area (Å²) in [5.74, 6) is -5.36. The maximum absolute atomic E-state index is 14.3. The zero-order valence-electron chi connectivity index (χ0n) is 18.9. The van der Waals surface area contributed by atoms with Crippen LogP contribution in [0.15, 0.2) is 42.9 Å². The minimum absolute atomic E-state index is 0.0322. The molecule has 0 aliphatic carbocycles. The molecule has 4 heterocycles. The van der Waals surface area contributed by atoms with Crippen molar-refractivity contribution in [2.45, 2.75) is 37.9 Å². The first-order valence-electron chi connectivity index (χ1n) is 10.8. The summed E-state index contributed by atoms with van der Waals surface area (Å²) < 4.78 is 81.1. The zero-order chi connectivity index (χ0) is 26.1. The molecular weight excluding hydrogens is 490 g/mol. The minimum atomic E-state index is -4.79. The average Bonchev–Trinajstić information content (AvgIpc) is 2.82. The Morgan fingerprint density at radius 3 is 2.58 bits per heavy atom. The molecule has 0 radical (unpaired) electrons. The summed E-state index contributed by atoms with van der Waals surface area (Å²) in [6, 6.07) is 3.99. The first-order chi connectivity index (χ1) is 16.9. The molecule has 0 bridgehead atoms. The second-order valence-corrected chi connectivity index (χ2v) is 8.32. The molecule has 36 heavy (non-hydrogen) atoms. The van der Waals surface area contributed by atoms with Crippen LogP contribution in [0.5, 0.6) is 0 Å². The summed E-state index contributed by atoms with van der Waals surface area (Å²) in [4.78, 5) is 30.7. The number of nitrogens with one attached hydrogen (secondary N) is 1. The van der Waals surface area contributed by atoms with Crippen molar-refractivity contribution in [3.8, 4) is 11.4 Å². The summed E-state index contributed by atoms with van der Waals surface area (Å²) in [5.41, 5.74) is -0.500. The van der Waals surface area contributed by atoms with Crippen molar-refractivity contribution in [1.82, 2.24) is 24.8 Å². The number of carbonyl (C=O) groups is 1. The number of pyridine rings is 2. The Morgan fingerprint density at radius 1 is 1.19 bits per heavy atom. The van der Waals surface area contributed by atoms with Crippen LogP contribution in [-0.4, -0.2) is 55.8 Å². The van der Waals surface area contributed by atoms with E-state index in [0.29, 0.717) is 17.5 Å². The topological polar surface area (TPSA) is 83.9 Å². The van der Waals surface area contributed by atoms with Crippen molar-refractivity contribution in [1.29, 1.82) is 0 Å². The molecule has 1 atom stereocenters. The number of aryl methyl sites for hydroxylation is 1. The normalized spacial score (nSPS) is 17.6. The molecule has 1 aliphatic rings. The molecule has 1 saturated heterocycles. The van der Waals surface area contributed by atoms with E-state index in [9.17, 15) is 31.1 Å². The van der Waals surface area contributed by atoms with Gasteiger partial charge in [0, 0.05) is 50.2 Å². The molecule has 1 fully saturated rings. The van der Waals surface area contributed by atoms with Gasteiger partial charge in [-0.25, -0.2) is 33.1 Å². The van der Waals surface area contributed by atoms with E-state index in [1.807, 2.05) is 0 Å². The minimum Gasteiger partial charge on any atom is -0.366 e. The SMILES string of the molecule is Cc1ccc(-c2ncccn2)c(C(=O)N2CCC(F)(F)CC2CNc2ncc(C(F)(F)F)cc2F)n1. The number of amides is 1. The first-order valence-corrected chi connectivity index (χ1v) is 10.8. The Bertz CT molecular complexity index is 1250. The van der Waals surface area contributed by atoms with Crippen LogP contribution in [0.25, 0.3) is 11.4 Å². The van der Waals surface area contributed by atoms with Gasteiger partial charge in [-0.3, -0.25) is 4.79 Å². The lowest BCUT2D eigenvalue weighted by atomic mass is 9.97. The maximum Gasteiger partial charge on any atom is 0.417 e. The van der Waals surface area contributed by atoms with Crippen LogP contribution in [-0.2, 0) is 6.18 Å². The quantitative estimate of drug-likeness (QED) is 0.499. The molecule has 0 aromatic carbocycles. The highest BCUT2D eigenvalue weighted by Crippen LogP contribution is 2.34. The van der Waals surface area contributed by atoms with Crippen molar-refractivity contribution < 1.29 is 31.1 Å². The molecule has 3 aromatic heterocycles. The fourth-order valence-electron chi connectivity index (χ4n) is 3.89. The highest BCUT2D eigenvalue weighted by molar-refractivity contribution is 5.98. The smallest absolute Gasteiger partial charge is 0.366 e. The van der Waals surface area contributed by atoms with Gasteiger partial charge in [0.25, 0.3) is 11.8 Å². The van der Waals surface area contributed by atoms with E-state index in [1.54, 1.807) is 25.1 Å². The molecule has 1 unspecified atom stereocenters. The van der Waals surface area contributed by atoms with Gasteiger partial charge in [0.1, 0.15) is 5.69 Å². The van der Waals surface area contributed by atoms with E-state index in [1.165, 1.54) is 17.3 Å². The largest absolute Gasteiger partial charge is 0.417 e. The Labute approximate surface area is 201 Å². The van der Waals surface area contributed by atoms with E-state index < -0.39 is 54.1 Å². The number of aromatic nitrogens is 4. The third-order valence-corrected chi connectivity index (χ3v) is 5.67. The summed E-state index contributed by atoms with van der Waals surface area (Å²) in [5, 5.41) is 2.47. The number of anilines is 1. The zero-order valence-corrected chi connectivity index (χ0v) is 18.9. The van der Waals surface area contributed by atoms with Crippen molar-refractivity contribution in [2.75, 3.05) is 18.4 Å². The number of halogens is 6. The second-order valence-electron chi connectivity index (χ2n) is 8.32. The van der Waals surface area contributed by atoms with E-state index in [4.69, 9.17) is 0 Å². The Morgan fingerprint density at radius 2 is 1.92 bits per heavy atom. The predicted octanol–water partition coefficient (Wildman–Crippen LogP) is 4.75. The fourth-order valence-corrected chi connectivity index (χ4v) is 3.89. The highest BCUT2D eigenvalue weighted by atomic mass is 19.4. The maximum atomic E-state index is 14.3. The summed E-state index contributed by atoms with van der Waals surface area (Å²) in [7, 11) is 0. The van der Waals surface area contributed by atoms with Crippen LogP contribution >= 0.6 is 0 Å². The van der Waals surface area contributed by atoms with Gasteiger partial charge in [-0.15, -0.1) is 0 Å². The van der Waals surface area contributed by atoms with E-state index in [0.717, 1.165) is 0 Å². The van der Waals surface area contributed by atoms with Crippen LogP contribution in [0, 0.1) is 12.7 Å². The van der Waals surface area contributed by atoms with E-state index in [2.05, 4.69) is 25.3 Å². The molecule has 1 amide bonds. The Balaban J connectivity index is 1.61. The molecular formula is C23H20F6N6O. The number of rotatable bonds is 5. The Kier molecular flexibility index (Phi) is 6.83. The first kappa shape index (κ1) is 25.3. The van der Waals surface area contributed by atoms with Gasteiger partial charge < -0.3 is 10.2 Å². The lowest BCUT2D eigenvalue weighted by Crippen LogP contribution is -2.52. The van der Waals surface area contributed by atoms with E-state index in [-0.39, 0.29) is 30.7 Å². The van der Waals surface area contributed by atoms with Gasteiger partial charge in [0.15, 0.2) is 17.5 Å². The van der Waals surface area contributed by atoms with Gasteiger partial charge >= 0.3 is 6.18 Å². The number of alkyl halides is 5. The van der Waals surface area contributed by atoms with Crippen LogP contribution < -0.4 is 5.32 Å². The van der Waals surface area contributed by atoms with Crippen LogP contribution in [0.1, 0.15) is 34.6 Å². The number of nitrogens with zero attached hydrogens (tertiary/aromatic N) is 5. The second kappa shape index (κ2) is 9.70. The lowest BCUT2D eigenvalue weighted by molar-refractivity contribution is -0.138. The molecule has 7 nitrogen and oxygen atoms in total. The van der Waals surface area contributed by atoms with Crippen molar-refractivity contribution in [3.05, 3.63) is 65.6 Å². The number of hydrogen-bond donors (Lipinski definition) is 1. The molecule has 1 aliphatic heterocycles. The van der Waals surface area contributed by atoms with Gasteiger partial charge in [-0.1, -0.05) is 0 Å². The molecule has 13 heteroatoms. The van der Waals surface area contributed by atoms with Gasteiger partial charge in [0.05, 0.1) is 17.2 Å². The monoisotopic (exact) mass is 510 g/mol. The summed E-state index contributed by atoms with van der Waals surface area (Å²) in [6.45, 7) is 0.972. The molecule has 3 aromatic rings. The van der Waals surface area contributed by atoms with Crippen molar-refractivity contribution in [3.63, 3.8) is 0 Å². The fraction of sp³-hybridized carbons (Fsp3) is 0.348. The molecule has 1 N–H and O–H groups in total. The molecule has 190 valence electrons. The molecule has 0 saturated carbocycles. The molecule has 0 spiro atoms. The van der Waals surface area contributed by atoms with Crippen LogP contribution in [0.3, 0.4) is 0 Å². The number of carbonyl (C=O) groups excluding carboxylic acids is 1. The van der Waals surface area contributed by atoms with Crippen molar-refractivity contribution in [2.24, 2.45) is 0 Å². The number of likely N-dealkylation sites (tertiary alicyclic amines) is 1. The van der Waals surface area contributed by atoms with Gasteiger partial charge in [0.2, 0.25) is 0 Å². The Hall–Kier alpha value is -3.77. The van der Waals surface area contributed by atoms with E-state index >= 15 is 0 Å². The predicted molar refractivity (Wildman–Crippen MR) is 117 cm³/mol. The third-order valence-electron chi connectivity index (χ3n) is 5.67. The average molecular weight is 510 g/mol. The van der Waals surface area contributed by atoms with Crippen LogP contribution in [0.4, 0.5) is 32.2 Å². The summed E-state index contributed by atoms with van der Waals surface area (Å²) >= 11 is 0. The van der Waals surface area contributed by atoms with Crippen LogP contribution in [0.2, 0.25) is 0 Å².